The number of piperazine rings is 1. The molecule has 2 amide bonds. The van der Waals surface area contributed by atoms with Crippen LogP contribution in [0, 0.1) is 13.8 Å². The van der Waals surface area contributed by atoms with Gasteiger partial charge in [-0.05, 0) is 43.2 Å². The molecule has 0 unspecified atom stereocenters. The molecular weight excluding hydrogens is 340 g/mol. The second-order valence-corrected chi connectivity index (χ2v) is 7.02. The van der Waals surface area contributed by atoms with Crippen molar-refractivity contribution >= 4 is 11.8 Å². The number of nitrogens with zero attached hydrogens (tertiary/aromatic N) is 2. The van der Waals surface area contributed by atoms with Gasteiger partial charge < -0.3 is 14.5 Å². The van der Waals surface area contributed by atoms with E-state index in [1.54, 1.807) is 13.2 Å². The van der Waals surface area contributed by atoms with Crippen LogP contribution in [-0.4, -0.2) is 54.9 Å². The zero-order chi connectivity index (χ0) is 19.4. The number of carbonyl (C=O) groups excluding carboxylic acids is 2. The number of amides is 2. The highest BCUT2D eigenvalue weighted by molar-refractivity contribution is 5.94. The molecule has 1 aliphatic rings. The van der Waals surface area contributed by atoms with Crippen LogP contribution in [0.5, 0.6) is 5.75 Å². The Morgan fingerprint density at radius 3 is 2.30 bits per heavy atom. The minimum atomic E-state index is 0.00605. The van der Waals surface area contributed by atoms with Gasteiger partial charge in [0.1, 0.15) is 5.75 Å². The molecule has 1 fully saturated rings. The summed E-state index contributed by atoms with van der Waals surface area (Å²) in [4.78, 5) is 29.0. The Balaban J connectivity index is 1.57. The normalized spacial score (nSPS) is 14.2. The van der Waals surface area contributed by atoms with Gasteiger partial charge in [0.05, 0.1) is 13.5 Å². The monoisotopic (exact) mass is 366 g/mol. The zero-order valence-corrected chi connectivity index (χ0v) is 16.2. The van der Waals surface area contributed by atoms with E-state index in [9.17, 15) is 9.59 Å². The SMILES string of the molecule is COc1ccc(C(=O)N2CCN(C(=O)Cc3cccc(C)c3)CC2)cc1C. The van der Waals surface area contributed by atoms with Crippen molar-refractivity contribution in [1.82, 2.24) is 9.80 Å². The standard InChI is InChI=1S/C22H26N2O3/c1-16-5-4-6-18(13-16)15-21(25)23-9-11-24(12-10-23)22(26)19-7-8-20(27-3)17(2)14-19/h4-8,13-14H,9-12,15H2,1-3H3. The van der Waals surface area contributed by atoms with Crippen molar-refractivity contribution in [2.45, 2.75) is 20.3 Å². The third-order valence-corrected chi connectivity index (χ3v) is 5.00. The second-order valence-electron chi connectivity index (χ2n) is 7.02. The Morgan fingerprint density at radius 1 is 0.963 bits per heavy atom. The van der Waals surface area contributed by atoms with E-state index < -0.39 is 0 Å². The molecular formula is C22H26N2O3. The lowest BCUT2D eigenvalue weighted by molar-refractivity contribution is -0.131. The van der Waals surface area contributed by atoms with E-state index in [2.05, 4.69) is 0 Å². The van der Waals surface area contributed by atoms with Gasteiger partial charge in [-0.15, -0.1) is 0 Å². The largest absolute Gasteiger partial charge is 0.496 e. The lowest BCUT2D eigenvalue weighted by atomic mass is 10.1. The van der Waals surface area contributed by atoms with Crippen LogP contribution in [-0.2, 0) is 11.2 Å². The number of hydrogen-bond acceptors (Lipinski definition) is 3. The van der Waals surface area contributed by atoms with E-state index in [0.717, 1.165) is 22.4 Å². The second kappa shape index (κ2) is 8.25. The van der Waals surface area contributed by atoms with Crippen LogP contribution in [0.15, 0.2) is 42.5 Å². The molecule has 0 atom stereocenters. The van der Waals surface area contributed by atoms with Crippen LogP contribution in [0.3, 0.4) is 0 Å². The van der Waals surface area contributed by atoms with E-state index in [4.69, 9.17) is 4.74 Å². The zero-order valence-electron chi connectivity index (χ0n) is 16.2. The molecule has 0 radical (unpaired) electrons. The third kappa shape index (κ3) is 4.48. The maximum Gasteiger partial charge on any atom is 0.253 e. The Hall–Kier alpha value is -2.82. The van der Waals surface area contributed by atoms with Crippen molar-refractivity contribution in [3.8, 4) is 5.75 Å². The van der Waals surface area contributed by atoms with Crippen LogP contribution in [0.4, 0.5) is 0 Å². The number of rotatable bonds is 4. The highest BCUT2D eigenvalue weighted by Gasteiger charge is 2.25. The van der Waals surface area contributed by atoms with Crippen LogP contribution in [0.2, 0.25) is 0 Å². The Kier molecular flexibility index (Phi) is 5.79. The van der Waals surface area contributed by atoms with E-state index in [1.165, 1.54) is 0 Å². The van der Waals surface area contributed by atoms with Gasteiger partial charge in [0.2, 0.25) is 5.91 Å². The first kappa shape index (κ1) is 19.0. The van der Waals surface area contributed by atoms with E-state index in [1.807, 2.05) is 60.0 Å². The van der Waals surface area contributed by atoms with Gasteiger partial charge in [-0.3, -0.25) is 9.59 Å². The predicted molar refractivity (Wildman–Crippen MR) is 105 cm³/mol. The van der Waals surface area contributed by atoms with Crippen LogP contribution in [0.25, 0.3) is 0 Å². The number of aryl methyl sites for hydroxylation is 2. The summed E-state index contributed by atoms with van der Waals surface area (Å²) in [5.74, 6) is 0.901. The summed E-state index contributed by atoms with van der Waals surface area (Å²) in [5, 5.41) is 0. The molecule has 1 aliphatic heterocycles. The molecule has 0 saturated carbocycles. The maximum absolute atomic E-state index is 12.7. The molecule has 2 aromatic carbocycles. The Bertz CT molecular complexity index is 839. The topological polar surface area (TPSA) is 49.9 Å². The van der Waals surface area contributed by atoms with E-state index in [-0.39, 0.29) is 11.8 Å². The minimum Gasteiger partial charge on any atom is -0.496 e. The molecule has 3 rings (SSSR count). The number of carbonyl (C=O) groups is 2. The molecule has 142 valence electrons. The fraction of sp³-hybridized carbons (Fsp3) is 0.364. The van der Waals surface area contributed by atoms with Crippen LogP contribution in [0.1, 0.15) is 27.0 Å². The summed E-state index contributed by atoms with van der Waals surface area (Å²) in [5.41, 5.74) is 3.79. The minimum absolute atomic E-state index is 0.00605. The van der Waals surface area contributed by atoms with Crippen molar-refractivity contribution in [1.29, 1.82) is 0 Å². The number of hydrogen-bond donors (Lipinski definition) is 0. The Labute approximate surface area is 160 Å². The molecule has 2 aromatic rings. The maximum atomic E-state index is 12.7. The van der Waals surface area contributed by atoms with Crippen molar-refractivity contribution in [3.05, 3.63) is 64.7 Å². The first-order chi connectivity index (χ1) is 13.0. The van der Waals surface area contributed by atoms with Crippen molar-refractivity contribution < 1.29 is 14.3 Å². The predicted octanol–water partition coefficient (Wildman–Crippen LogP) is 2.84. The van der Waals surface area contributed by atoms with Crippen LogP contribution < -0.4 is 4.74 Å². The first-order valence-corrected chi connectivity index (χ1v) is 9.25. The van der Waals surface area contributed by atoms with Gasteiger partial charge in [0.25, 0.3) is 5.91 Å². The lowest BCUT2D eigenvalue weighted by Crippen LogP contribution is -2.51. The summed E-state index contributed by atoms with van der Waals surface area (Å²) in [6.07, 6.45) is 0.410. The van der Waals surface area contributed by atoms with Gasteiger partial charge in [0.15, 0.2) is 0 Å². The Morgan fingerprint density at radius 2 is 1.67 bits per heavy atom. The summed E-state index contributed by atoms with van der Waals surface area (Å²) < 4.78 is 5.25. The van der Waals surface area contributed by atoms with Crippen molar-refractivity contribution in [3.63, 3.8) is 0 Å². The molecule has 0 N–H and O–H groups in total. The molecule has 5 heteroatoms. The molecule has 27 heavy (non-hydrogen) atoms. The molecule has 0 aliphatic carbocycles. The summed E-state index contributed by atoms with van der Waals surface area (Å²) >= 11 is 0. The number of methoxy groups -OCH3 is 1. The van der Waals surface area contributed by atoms with Gasteiger partial charge >= 0.3 is 0 Å². The lowest BCUT2D eigenvalue weighted by Gasteiger charge is -2.35. The highest BCUT2D eigenvalue weighted by Crippen LogP contribution is 2.20. The molecule has 0 bridgehead atoms. The van der Waals surface area contributed by atoms with Gasteiger partial charge in [-0.2, -0.15) is 0 Å². The van der Waals surface area contributed by atoms with E-state index >= 15 is 0 Å². The van der Waals surface area contributed by atoms with Gasteiger partial charge in [0, 0.05) is 31.7 Å². The van der Waals surface area contributed by atoms with Gasteiger partial charge in [-0.1, -0.05) is 29.8 Å². The third-order valence-electron chi connectivity index (χ3n) is 5.00. The highest BCUT2D eigenvalue weighted by atomic mass is 16.5. The molecule has 5 nitrogen and oxygen atoms in total. The first-order valence-electron chi connectivity index (χ1n) is 9.25. The molecule has 1 heterocycles. The quantitative estimate of drug-likeness (QED) is 0.836. The van der Waals surface area contributed by atoms with Crippen LogP contribution >= 0.6 is 0 Å². The van der Waals surface area contributed by atoms with E-state index in [0.29, 0.717) is 38.2 Å². The average molecular weight is 366 g/mol. The molecule has 0 spiro atoms. The molecule has 1 saturated heterocycles. The summed E-state index contributed by atoms with van der Waals surface area (Å²) in [6.45, 7) is 6.22. The number of benzene rings is 2. The van der Waals surface area contributed by atoms with Crippen molar-refractivity contribution in [2.24, 2.45) is 0 Å². The van der Waals surface area contributed by atoms with Crippen molar-refractivity contribution in [2.75, 3.05) is 33.3 Å². The fourth-order valence-corrected chi connectivity index (χ4v) is 3.46. The summed E-state index contributed by atoms with van der Waals surface area (Å²) in [7, 11) is 1.62. The average Bonchev–Trinajstić information content (AvgIpc) is 2.67. The van der Waals surface area contributed by atoms with Gasteiger partial charge in [-0.25, -0.2) is 0 Å². The smallest absolute Gasteiger partial charge is 0.253 e. The summed E-state index contributed by atoms with van der Waals surface area (Å²) in [6, 6.07) is 13.5. The molecule has 0 aromatic heterocycles. The number of ether oxygens (including phenoxy) is 1. The fourth-order valence-electron chi connectivity index (χ4n) is 3.46.